The predicted octanol–water partition coefficient (Wildman–Crippen LogP) is 1.84. The molecule has 26 heavy (non-hydrogen) atoms. The lowest BCUT2D eigenvalue weighted by molar-refractivity contribution is 0.172. The first-order valence-electron chi connectivity index (χ1n) is 8.20. The van der Waals surface area contributed by atoms with Crippen molar-refractivity contribution in [2.45, 2.75) is 19.1 Å². The van der Waals surface area contributed by atoms with E-state index in [9.17, 15) is 13.2 Å². The highest BCUT2D eigenvalue weighted by Crippen LogP contribution is 2.42. The molecule has 1 aromatic carbocycles. The van der Waals surface area contributed by atoms with Crippen LogP contribution in [0.3, 0.4) is 0 Å². The maximum absolute atomic E-state index is 12.2. The van der Waals surface area contributed by atoms with Gasteiger partial charge in [-0.2, -0.15) is 5.10 Å². The fraction of sp³-hybridized carbons (Fsp3) is 0.333. The number of aryl methyl sites for hydroxylation is 2. The largest absolute Gasteiger partial charge is 0.486 e. The van der Waals surface area contributed by atoms with Crippen LogP contribution < -0.4 is 15.0 Å². The summed E-state index contributed by atoms with van der Waals surface area (Å²) < 4.78 is 36.8. The van der Waals surface area contributed by atoms with Gasteiger partial charge in [0.05, 0.1) is 17.0 Å². The van der Waals surface area contributed by atoms with Gasteiger partial charge in [0.25, 0.3) is 5.56 Å². The smallest absolute Gasteiger partial charge is 0.269 e. The van der Waals surface area contributed by atoms with Gasteiger partial charge in [-0.1, -0.05) is 19.6 Å². The summed E-state index contributed by atoms with van der Waals surface area (Å²) in [4.78, 5) is 12.2. The fourth-order valence-electron chi connectivity index (χ4n) is 2.88. The third kappa shape index (κ3) is 3.37. The Morgan fingerprint density at radius 3 is 2.69 bits per heavy atom. The van der Waals surface area contributed by atoms with Crippen molar-refractivity contribution in [1.29, 1.82) is 0 Å². The summed E-state index contributed by atoms with van der Waals surface area (Å²) in [7, 11) is -1.92. The first-order chi connectivity index (χ1) is 12.4. The van der Waals surface area contributed by atoms with Crippen molar-refractivity contribution in [3.8, 4) is 22.8 Å². The zero-order valence-corrected chi connectivity index (χ0v) is 15.5. The van der Waals surface area contributed by atoms with E-state index in [0.29, 0.717) is 53.5 Å². The number of fused-ring (bicyclic) bond motifs is 1. The van der Waals surface area contributed by atoms with E-state index in [1.807, 2.05) is 6.92 Å². The van der Waals surface area contributed by atoms with Gasteiger partial charge in [0.2, 0.25) is 0 Å². The van der Waals surface area contributed by atoms with Gasteiger partial charge in [-0.05, 0) is 24.1 Å². The number of nitrogens with zero attached hydrogens (tertiary/aromatic N) is 2. The molecule has 3 rings (SSSR count). The van der Waals surface area contributed by atoms with Gasteiger partial charge in [0.1, 0.15) is 13.2 Å². The van der Waals surface area contributed by atoms with Crippen LogP contribution in [0.1, 0.15) is 18.1 Å². The Bertz CT molecular complexity index is 1020. The molecular weight excluding hydrogens is 356 g/mol. The maximum Gasteiger partial charge on any atom is 0.269 e. The highest BCUT2D eigenvalue weighted by atomic mass is 32.2. The van der Waals surface area contributed by atoms with Crippen molar-refractivity contribution in [2.75, 3.05) is 13.2 Å². The van der Waals surface area contributed by atoms with E-state index in [4.69, 9.17) is 9.47 Å². The van der Waals surface area contributed by atoms with Crippen molar-refractivity contribution < 1.29 is 17.9 Å². The molecule has 0 radical (unpaired) electrons. The average molecular weight is 376 g/mol. The lowest BCUT2D eigenvalue weighted by atomic mass is 10.0. The Morgan fingerprint density at radius 2 is 2.00 bits per heavy atom. The maximum atomic E-state index is 12.2. The van der Waals surface area contributed by atoms with Crippen LogP contribution >= 0.6 is 0 Å². The van der Waals surface area contributed by atoms with Crippen molar-refractivity contribution in [3.05, 3.63) is 51.7 Å². The van der Waals surface area contributed by atoms with Gasteiger partial charge in [0.15, 0.2) is 21.3 Å². The van der Waals surface area contributed by atoms with Crippen LogP contribution in [0, 0.1) is 0 Å². The normalized spacial score (nSPS) is 13.5. The second kappa shape index (κ2) is 6.95. The summed E-state index contributed by atoms with van der Waals surface area (Å²) in [6.45, 7) is 6.01. The van der Waals surface area contributed by atoms with Gasteiger partial charge in [-0.25, -0.2) is 13.1 Å². The molecule has 0 amide bonds. The monoisotopic (exact) mass is 376 g/mol. The van der Waals surface area contributed by atoms with Crippen molar-refractivity contribution in [2.24, 2.45) is 7.05 Å². The topological polar surface area (TPSA) is 87.5 Å². The molecule has 2 heterocycles. The van der Waals surface area contributed by atoms with Crippen molar-refractivity contribution in [1.82, 2.24) is 9.78 Å². The molecule has 0 N–H and O–H groups in total. The predicted molar refractivity (Wildman–Crippen MR) is 98.1 cm³/mol. The van der Waals surface area contributed by atoms with E-state index < -0.39 is 9.84 Å². The molecule has 1 aliphatic rings. The van der Waals surface area contributed by atoms with Gasteiger partial charge < -0.3 is 9.47 Å². The van der Waals surface area contributed by atoms with Gasteiger partial charge in [-0.3, -0.25) is 4.79 Å². The van der Waals surface area contributed by atoms with Gasteiger partial charge in [-0.15, -0.1) is 0 Å². The van der Waals surface area contributed by atoms with E-state index in [1.165, 1.54) is 4.68 Å². The first kappa shape index (κ1) is 18.2. The fourth-order valence-corrected chi connectivity index (χ4v) is 3.67. The number of aromatic nitrogens is 2. The molecule has 7 nitrogen and oxygen atoms in total. The minimum atomic E-state index is -3.49. The summed E-state index contributed by atoms with van der Waals surface area (Å²) in [6, 6.07) is 5.05. The van der Waals surface area contributed by atoms with Crippen LogP contribution in [0.15, 0.2) is 35.0 Å². The summed E-state index contributed by atoms with van der Waals surface area (Å²) in [5, 5.41) is 5.25. The molecule has 1 aromatic heterocycles. The van der Waals surface area contributed by atoms with Crippen LogP contribution in [0.4, 0.5) is 0 Å². The van der Waals surface area contributed by atoms with E-state index in [1.54, 1.807) is 25.2 Å². The minimum Gasteiger partial charge on any atom is -0.486 e. The lowest BCUT2D eigenvalue weighted by Crippen LogP contribution is -2.24. The van der Waals surface area contributed by atoms with E-state index >= 15 is 0 Å². The molecule has 0 bridgehead atoms. The zero-order valence-electron chi connectivity index (χ0n) is 14.7. The molecular formula is C18H20N2O5S. The Morgan fingerprint density at radius 1 is 1.27 bits per heavy atom. The molecule has 8 heteroatoms. The van der Waals surface area contributed by atoms with Crippen LogP contribution in [0.5, 0.6) is 11.5 Å². The number of ether oxygens (including phenoxy) is 2. The average Bonchev–Trinajstić information content (AvgIpc) is 2.63. The lowest BCUT2D eigenvalue weighted by Gasteiger charge is -2.23. The zero-order chi connectivity index (χ0) is 18.9. The highest BCUT2D eigenvalue weighted by molar-refractivity contribution is 7.93. The molecule has 0 spiro atoms. The van der Waals surface area contributed by atoms with Crippen molar-refractivity contribution in [3.63, 3.8) is 0 Å². The molecule has 0 aliphatic carbocycles. The number of sulfone groups is 1. The molecule has 0 unspecified atom stereocenters. The Hall–Kier alpha value is -2.61. The molecule has 2 aromatic rings. The number of hydrogen-bond acceptors (Lipinski definition) is 6. The molecule has 0 atom stereocenters. The van der Waals surface area contributed by atoms with Crippen LogP contribution in [-0.4, -0.2) is 31.4 Å². The van der Waals surface area contributed by atoms with Crippen LogP contribution in [0.25, 0.3) is 11.3 Å². The Balaban J connectivity index is 2.29. The van der Waals surface area contributed by atoms with E-state index in [0.717, 1.165) is 5.41 Å². The molecule has 0 saturated heterocycles. The molecule has 1 aliphatic heterocycles. The number of rotatable bonds is 5. The first-order valence-corrected chi connectivity index (χ1v) is 9.92. The number of hydrogen-bond donors (Lipinski definition) is 0. The van der Waals surface area contributed by atoms with Crippen LogP contribution in [0.2, 0.25) is 0 Å². The molecule has 0 fully saturated rings. The SMILES string of the molecule is C=CS(=O)(=O)Cc1ccc2c(c1-c1cc(CC)c(=O)n(C)n1)OCCO2. The van der Waals surface area contributed by atoms with Crippen LogP contribution in [-0.2, 0) is 29.1 Å². The van der Waals surface area contributed by atoms with Crippen molar-refractivity contribution >= 4 is 9.84 Å². The Labute approximate surface area is 151 Å². The quantitative estimate of drug-likeness (QED) is 0.791. The van der Waals surface area contributed by atoms with E-state index in [-0.39, 0.29) is 11.3 Å². The minimum absolute atomic E-state index is 0.182. The standard InChI is InChI=1S/C18H20N2O5S/c1-4-12-10-14(19-20(3)18(12)21)16-13(11-26(22,23)5-2)6-7-15-17(16)25-9-8-24-15/h5-7,10H,2,4,8-9,11H2,1,3H3. The second-order valence-electron chi connectivity index (χ2n) is 5.93. The second-order valence-corrected chi connectivity index (χ2v) is 7.88. The summed E-state index contributed by atoms with van der Waals surface area (Å²) in [6.07, 6.45) is 0.537. The third-order valence-electron chi connectivity index (χ3n) is 4.18. The highest BCUT2D eigenvalue weighted by Gasteiger charge is 2.24. The Kier molecular flexibility index (Phi) is 4.86. The summed E-state index contributed by atoms with van der Waals surface area (Å²) in [5.41, 5.74) is 1.92. The molecule has 0 saturated carbocycles. The third-order valence-corrected chi connectivity index (χ3v) is 5.40. The van der Waals surface area contributed by atoms with Gasteiger partial charge >= 0.3 is 0 Å². The van der Waals surface area contributed by atoms with E-state index in [2.05, 4.69) is 11.7 Å². The number of benzene rings is 1. The summed E-state index contributed by atoms with van der Waals surface area (Å²) >= 11 is 0. The van der Waals surface area contributed by atoms with Gasteiger partial charge in [0, 0.05) is 18.0 Å². The summed E-state index contributed by atoms with van der Waals surface area (Å²) in [5.74, 6) is 0.731. The molecule has 138 valence electrons.